The topological polar surface area (TPSA) is 38.7 Å². The number of aliphatic hydroxyl groups is 1. The molecular formula is C15H20O3. The molecule has 1 heterocycles. The van der Waals surface area contributed by atoms with E-state index in [2.05, 4.69) is 19.1 Å². The zero-order valence-corrected chi connectivity index (χ0v) is 10.8. The van der Waals surface area contributed by atoms with E-state index in [0.29, 0.717) is 11.8 Å². The molecule has 1 fully saturated rings. The van der Waals surface area contributed by atoms with Crippen LogP contribution in [0.5, 0.6) is 11.5 Å². The molecule has 1 N–H and O–H groups in total. The van der Waals surface area contributed by atoms with Crippen molar-refractivity contribution in [2.75, 3.05) is 13.2 Å². The van der Waals surface area contributed by atoms with Gasteiger partial charge in [-0.2, -0.15) is 0 Å². The Morgan fingerprint density at radius 2 is 2.00 bits per heavy atom. The van der Waals surface area contributed by atoms with Crippen molar-refractivity contribution in [1.82, 2.24) is 0 Å². The number of benzene rings is 1. The molecule has 1 saturated carbocycles. The summed E-state index contributed by atoms with van der Waals surface area (Å²) in [4.78, 5) is 0. The molecule has 3 rings (SSSR count). The van der Waals surface area contributed by atoms with E-state index in [1.807, 2.05) is 6.07 Å². The maximum atomic E-state index is 9.77. The lowest BCUT2D eigenvalue weighted by Crippen LogP contribution is -2.39. The zero-order valence-electron chi connectivity index (χ0n) is 10.8. The average molecular weight is 248 g/mol. The fourth-order valence-corrected chi connectivity index (χ4v) is 3.03. The third kappa shape index (κ3) is 1.97. The molecule has 0 saturated heterocycles. The monoisotopic (exact) mass is 248 g/mol. The van der Waals surface area contributed by atoms with Crippen LogP contribution in [0.25, 0.3) is 0 Å². The number of hydrogen-bond donors (Lipinski definition) is 1. The summed E-state index contributed by atoms with van der Waals surface area (Å²) in [5.41, 5.74) is 1.27. The van der Waals surface area contributed by atoms with E-state index < -0.39 is 0 Å². The van der Waals surface area contributed by atoms with Crippen LogP contribution in [0.3, 0.4) is 0 Å². The van der Waals surface area contributed by atoms with Crippen LogP contribution >= 0.6 is 0 Å². The molecule has 1 aromatic rings. The van der Waals surface area contributed by atoms with Crippen molar-refractivity contribution in [3.63, 3.8) is 0 Å². The van der Waals surface area contributed by atoms with Crippen LogP contribution in [0, 0.1) is 5.92 Å². The molecule has 98 valence electrons. The van der Waals surface area contributed by atoms with E-state index in [4.69, 9.17) is 9.47 Å². The average Bonchev–Trinajstić information content (AvgIpc) is 2.60. The molecule has 3 atom stereocenters. The highest BCUT2D eigenvalue weighted by molar-refractivity contribution is 5.45. The van der Waals surface area contributed by atoms with E-state index >= 15 is 0 Å². The maximum Gasteiger partial charge on any atom is 0.161 e. The molecule has 0 aromatic heterocycles. The first kappa shape index (κ1) is 11.8. The van der Waals surface area contributed by atoms with Gasteiger partial charge in [0.1, 0.15) is 0 Å². The Morgan fingerprint density at radius 1 is 1.22 bits per heavy atom. The van der Waals surface area contributed by atoms with Gasteiger partial charge in [-0.15, -0.1) is 0 Å². The second kappa shape index (κ2) is 4.81. The molecule has 1 aliphatic carbocycles. The van der Waals surface area contributed by atoms with Gasteiger partial charge in [0.2, 0.25) is 0 Å². The van der Waals surface area contributed by atoms with Crippen molar-refractivity contribution in [2.45, 2.75) is 38.2 Å². The zero-order chi connectivity index (χ0) is 12.5. The molecule has 0 bridgehead atoms. The predicted molar refractivity (Wildman–Crippen MR) is 69.2 cm³/mol. The second-order valence-electron chi connectivity index (χ2n) is 5.24. The van der Waals surface area contributed by atoms with Gasteiger partial charge in [-0.3, -0.25) is 0 Å². The first-order chi connectivity index (χ1) is 8.79. The van der Waals surface area contributed by atoms with Crippen molar-refractivity contribution in [2.24, 2.45) is 5.92 Å². The summed E-state index contributed by atoms with van der Waals surface area (Å²) in [7, 11) is 0. The van der Waals surface area contributed by atoms with Crippen molar-refractivity contribution < 1.29 is 14.6 Å². The minimum Gasteiger partial charge on any atom is -0.490 e. The Morgan fingerprint density at radius 3 is 2.72 bits per heavy atom. The van der Waals surface area contributed by atoms with E-state index in [0.717, 1.165) is 44.0 Å². The number of ether oxygens (including phenoxy) is 2. The molecule has 0 radical (unpaired) electrons. The predicted octanol–water partition coefficient (Wildman–Crippen LogP) is 2.72. The molecule has 3 unspecified atom stereocenters. The quantitative estimate of drug-likeness (QED) is 0.874. The largest absolute Gasteiger partial charge is 0.490 e. The standard InChI is InChI=1S/C15H20O3/c1-2-11-12(9-13(11)16)10-4-5-14-15(8-10)18-7-3-6-17-14/h4-5,8,11-13,16H,2-3,6-7,9H2,1H3. The summed E-state index contributed by atoms with van der Waals surface area (Å²) in [6.45, 7) is 3.59. The van der Waals surface area contributed by atoms with Crippen LogP contribution in [0.1, 0.15) is 37.7 Å². The number of rotatable bonds is 2. The van der Waals surface area contributed by atoms with Gasteiger partial charge in [0.05, 0.1) is 19.3 Å². The molecule has 1 aliphatic heterocycles. The molecule has 0 amide bonds. The highest BCUT2D eigenvalue weighted by atomic mass is 16.5. The summed E-state index contributed by atoms with van der Waals surface area (Å²) in [6, 6.07) is 6.22. The molecule has 2 aliphatic rings. The lowest BCUT2D eigenvalue weighted by molar-refractivity contribution is -0.000802. The van der Waals surface area contributed by atoms with Crippen LogP contribution in [0.2, 0.25) is 0 Å². The van der Waals surface area contributed by atoms with Crippen LogP contribution in [0.4, 0.5) is 0 Å². The van der Waals surface area contributed by atoms with Gasteiger partial charge in [-0.25, -0.2) is 0 Å². The summed E-state index contributed by atoms with van der Waals surface area (Å²) < 4.78 is 11.4. The lowest BCUT2D eigenvalue weighted by Gasteiger charge is -2.41. The van der Waals surface area contributed by atoms with Crippen molar-refractivity contribution in [1.29, 1.82) is 0 Å². The lowest BCUT2D eigenvalue weighted by atomic mass is 9.66. The van der Waals surface area contributed by atoms with Gasteiger partial charge in [-0.1, -0.05) is 19.4 Å². The van der Waals surface area contributed by atoms with Crippen molar-refractivity contribution in [3.05, 3.63) is 23.8 Å². The minimum absolute atomic E-state index is 0.129. The first-order valence-electron chi connectivity index (χ1n) is 6.87. The maximum absolute atomic E-state index is 9.77. The summed E-state index contributed by atoms with van der Waals surface area (Å²) in [6.07, 6.45) is 2.71. The molecule has 18 heavy (non-hydrogen) atoms. The number of aliphatic hydroxyl groups excluding tert-OH is 1. The number of fused-ring (bicyclic) bond motifs is 1. The Kier molecular flexibility index (Phi) is 3.16. The Balaban J connectivity index is 1.84. The fourth-order valence-electron chi connectivity index (χ4n) is 3.03. The van der Waals surface area contributed by atoms with Crippen LogP contribution in [-0.4, -0.2) is 24.4 Å². The van der Waals surface area contributed by atoms with Crippen LogP contribution in [0.15, 0.2) is 18.2 Å². The van der Waals surface area contributed by atoms with Crippen LogP contribution < -0.4 is 9.47 Å². The third-order valence-corrected chi connectivity index (χ3v) is 4.18. The molecule has 0 spiro atoms. The van der Waals surface area contributed by atoms with Crippen LogP contribution in [-0.2, 0) is 0 Å². The van der Waals surface area contributed by atoms with Crippen molar-refractivity contribution in [3.8, 4) is 11.5 Å². The Hall–Kier alpha value is -1.22. The molecular weight excluding hydrogens is 228 g/mol. The second-order valence-corrected chi connectivity index (χ2v) is 5.24. The van der Waals surface area contributed by atoms with Gasteiger partial charge in [0, 0.05) is 6.42 Å². The third-order valence-electron chi connectivity index (χ3n) is 4.18. The van der Waals surface area contributed by atoms with Crippen molar-refractivity contribution >= 4 is 0 Å². The fraction of sp³-hybridized carbons (Fsp3) is 0.600. The summed E-state index contributed by atoms with van der Waals surface area (Å²) >= 11 is 0. The Labute approximate surface area is 108 Å². The normalized spacial score (nSPS) is 30.4. The van der Waals surface area contributed by atoms with Gasteiger partial charge in [0.25, 0.3) is 0 Å². The van der Waals surface area contributed by atoms with Gasteiger partial charge in [-0.05, 0) is 36.0 Å². The van der Waals surface area contributed by atoms with Gasteiger partial charge in [0.15, 0.2) is 11.5 Å². The molecule has 3 nitrogen and oxygen atoms in total. The first-order valence-corrected chi connectivity index (χ1v) is 6.87. The smallest absolute Gasteiger partial charge is 0.161 e. The Bertz CT molecular complexity index is 430. The minimum atomic E-state index is -0.129. The molecule has 1 aromatic carbocycles. The van der Waals surface area contributed by atoms with E-state index in [9.17, 15) is 5.11 Å². The van der Waals surface area contributed by atoms with E-state index in [-0.39, 0.29) is 6.10 Å². The SMILES string of the molecule is CCC1C(O)CC1c1ccc2c(c1)OCCCO2. The van der Waals surface area contributed by atoms with E-state index in [1.54, 1.807) is 0 Å². The van der Waals surface area contributed by atoms with E-state index in [1.165, 1.54) is 5.56 Å². The van der Waals surface area contributed by atoms with Gasteiger partial charge < -0.3 is 14.6 Å². The highest BCUT2D eigenvalue weighted by Crippen LogP contribution is 2.46. The summed E-state index contributed by atoms with van der Waals surface area (Å²) in [5.74, 6) is 2.59. The molecule has 3 heteroatoms. The number of hydrogen-bond acceptors (Lipinski definition) is 3. The summed E-state index contributed by atoms with van der Waals surface area (Å²) in [5, 5.41) is 9.77. The van der Waals surface area contributed by atoms with Gasteiger partial charge >= 0.3 is 0 Å². The highest BCUT2D eigenvalue weighted by Gasteiger charge is 2.39.